The fourth-order valence-electron chi connectivity index (χ4n) is 2.74. The van der Waals surface area contributed by atoms with Gasteiger partial charge in [0.15, 0.2) is 0 Å². The van der Waals surface area contributed by atoms with Gasteiger partial charge in [0.05, 0.1) is 11.9 Å². The first-order valence-corrected chi connectivity index (χ1v) is 7.92. The molecule has 1 heterocycles. The summed E-state index contributed by atoms with van der Waals surface area (Å²) < 4.78 is 2.14. The van der Waals surface area contributed by atoms with Crippen LogP contribution in [0.3, 0.4) is 0 Å². The molecule has 1 N–H and O–H groups in total. The van der Waals surface area contributed by atoms with Crippen molar-refractivity contribution in [2.75, 3.05) is 5.32 Å². The number of hydrogen-bond acceptors (Lipinski definition) is 2. The van der Waals surface area contributed by atoms with Crippen molar-refractivity contribution >= 4 is 11.6 Å². The number of nitrogens with zero attached hydrogens (tertiary/aromatic N) is 2. The highest BCUT2D eigenvalue weighted by Crippen LogP contribution is 2.28. The van der Waals surface area contributed by atoms with E-state index in [0.29, 0.717) is 0 Å². The summed E-state index contributed by atoms with van der Waals surface area (Å²) in [5.74, 6) is 0.797. The molecule has 4 rings (SSSR count). The monoisotopic (exact) mass is 311 g/mol. The maximum Gasteiger partial charge on any atom is 0.212 e. The highest BCUT2D eigenvalue weighted by atomic mass is 15.2. The molecule has 0 bridgehead atoms. The minimum atomic E-state index is 0.797. The van der Waals surface area contributed by atoms with Crippen molar-refractivity contribution in [2.45, 2.75) is 0 Å². The second kappa shape index (κ2) is 6.42. The number of anilines is 2. The zero-order valence-corrected chi connectivity index (χ0v) is 13.1. The Morgan fingerprint density at radius 1 is 0.667 bits per heavy atom. The first kappa shape index (κ1) is 14.3. The highest BCUT2D eigenvalue weighted by Gasteiger charge is 2.13. The molecular formula is C21H17N3. The van der Waals surface area contributed by atoms with Crippen LogP contribution in [0.5, 0.6) is 0 Å². The minimum absolute atomic E-state index is 0.797. The number of nitrogens with one attached hydrogen (secondary N) is 1. The van der Waals surface area contributed by atoms with Crippen LogP contribution in [-0.4, -0.2) is 9.55 Å². The second-order valence-electron chi connectivity index (χ2n) is 5.50. The highest BCUT2D eigenvalue weighted by molar-refractivity contribution is 5.67. The standard InChI is InChI=1S/C21H17N3/c1-4-10-17(11-5-1)20-16-22-21(23-18-12-6-2-7-13-18)24(20)19-14-8-3-9-15-19/h1-16H,(H,22,23). The predicted octanol–water partition coefficient (Wildman–Crippen LogP) is 5.28. The van der Waals surface area contributed by atoms with Gasteiger partial charge in [-0.1, -0.05) is 66.7 Å². The van der Waals surface area contributed by atoms with Gasteiger partial charge in [0, 0.05) is 16.9 Å². The number of imidazole rings is 1. The molecule has 116 valence electrons. The van der Waals surface area contributed by atoms with E-state index in [0.717, 1.165) is 28.6 Å². The molecule has 0 saturated carbocycles. The quantitative estimate of drug-likeness (QED) is 0.555. The third-order valence-corrected chi connectivity index (χ3v) is 3.88. The van der Waals surface area contributed by atoms with Crippen LogP contribution in [0.25, 0.3) is 16.9 Å². The van der Waals surface area contributed by atoms with Gasteiger partial charge in [0.25, 0.3) is 0 Å². The largest absolute Gasteiger partial charge is 0.325 e. The summed E-state index contributed by atoms with van der Waals surface area (Å²) in [5, 5.41) is 3.41. The maximum atomic E-state index is 4.62. The Bertz CT molecular complexity index is 913. The molecule has 0 aliphatic heterocycles. The van der Waals surface area contributed by atoms with E-state index in [-0.39, 0.29) is 0 Å². The molecule has 0 aliphatic rings. The summed E-state index contributed by atoms with van der Waals surface area (Å²) in [4.78, 5) is 4.62. The van der Waals surface area contributed by atoms with Gasteiger partial charge >= 0.3 is 0 Å². The number of para-hydroxylation sites is 2. The molecule has 1 aromatic heterocycles. The fraction of sp³-hybridized carbons (Fsp3) is 0. The number of hydrogen-bond donors (Lipinski definition) is 1. The van der Waals surface area contributed by atoms with Gasteiger partial charge in [0.1, 0.15) is 0 Å². The molecular weight excluding hydrogens is 294 g/mol. The van der Waals surface area contributed by atoms with E-state index >= 15 is 0 Å². The van der Waals surface area contributed by atoms with E-state index in [1.165, 1.54) is 0 Å². The lowest BCUT2D eigenvalue weighted by Gasteiger charge is -2.13. The third-order valence-electron chi connectivity index (χ3n) is 3.88. The molecule has 3 nitrogen and oxygen atoms in total. The molecule has 0 unspecified atom stereocenters. The van der Waals surface area contributed by atoms with Gasteiger partial charge in [-0.15, -0.1) is 0 Å². The smallest absolute Gasteiger partial charge is 0.212 e. The Morgan fingerprint density at radius 3 is 1.92 bits per heavy atom. The normalized spacial score (nSPS) is 10.5. The molecule has 24 heavy (non-hydrogen) atoms. The van der Waals surface area contributed by atoms with Crippen molar-refractivity contribution in [2.24, 2.45) is 0 Å². The lowest BCUT2D eigenvalue weighted by molar-refractivity contribution is 1.07. The Hall–Kier alpha value is -3.33. The van der Waals surface area contributed by atoms with Crippen LogP contribution in [0.15, 0.2) is 97.2 Å². The summed E-state index contributed by atoms with van der Waals surface area (Å²) in [6.45, 7) is 0. The molecule has 0 radical (unpaired) electrons. The summed E-state index contributed by atoms with van der Waals surface area (Å²) in [5.41, 5.74) is 4.28. The van der Waals surface area contributed by atoms with Crippen LogP contribution in [0.1, 0.15) is 0 Å². The zero-order chi connectivity index (χ0) is 16.2. The Labute approximate surface area is 141 Å². The van der Waals surface area contributed by atoms with Gasteiger partial charge in [-0.2, -0.15) is 0 Å². The molecule has 0 spiro atoms. The van der Waals surface area contributed by atoms with E-state index in [1.54, 1.807) is 0 Å². The lowest BCUT2D eigenvalue weighted by Crippen LogP contribution is -2.03. The molecule has 0 atom stereocenters. The average molecular weight is 311 g/mol. The number of rotatable bonds is 4. The molecule has 3 heteroatoms. The van der Waals surface area contributed by atoms with E-state index < -0.39 is 0 Å². The van der Waals surface area contributed by atoms with Crippen molar-refractivity contribution in [3.05, 3.63) is 97.2 Å². The molecule has 0 fully saturated rings. The van der Waals surface area contributed by atoms with Gasteiger partial charge in [-0.25, -0.2) is 4.98 Å². The fourth-order valence-corrected chi connectivity index (χ4v) is 2.74. The van der Waals surface area contributed by atoms with E-state index in [2.05, 4.69) is 39.1 Å². The van der Waals surface area contributed by atoms with E-state index in [1.807, 2.05) is 72.9 Å². The van der Waals surface area contributed by atoms with Crippen LogP contribution in [0, 0.1) is 0 Å². The van der Waals surface area contributed by atoms with Gasteiger partial charge in [-0.05, 0) is 24.3 Å². The predicted molar refractivity (Wildman–Crippen MR) is 98.7 cm³/mol. The van der Waals surface area contributed by atoms with E-state index in [9.17, 15) is 0 Å². The number of aromatic nitrogens is 2. The van der Waals surface area contributed by atoms with Crippen molar-refractivity contribution in [3.8, 4) is 16.9 Å². The maximum absolute atomic E-state index is 4.62. The average Bonchev–Trinajstić information content (AvgIpc) is 3.07. The Kier molecular flexibility index (Phi) is 3.82. The summed E-state index contributed by atoms with van der Waals surface area (Å²) in [6.07, 6.45) is 1.91. The Morgan fingerprint density at radius 2 is 1.25 bits per heavy atom. The summed E-state index contributed by atoms with van der Waals surface area (Å²) in [7, 11) is 0. The molecule has 0 saturated heterocycles. The van der Waals surface area contributed by atoms with Gasteiger partial charge in [0.2, 0.25) is 5.95 Å². The second-order valence-corrected chi connectivity index (χ2v) is 5.50. The molecule has 3 aromatic carbocycles. The topological polar surface area (TPSA) is 29.9 Å². The molecule has 0 aliphatic carbocycles. The minimum Gasteiger partial charge on any atom is -0.325 e. The first-order valence-electron chi connectivity index (χ1n) is 7.92. The van der Waals surface area contributed by atoms with Crippen molar-refractivity contribution in [3.63, 3.8) is 0 Å². The van der Waals surface area contributed by atoms with Crippen molar-refractivity contribution in [1.82, 2.24) is 9.55 Å². The van der Waals surface area contributed by atoms with Crippen LogP contribution in [0.2, 0.25) is 0 Å². The van der Waals surface area contributed by atoms with Crippen LogP contribution >= 0.6 is 0 Å². The number of benzene rings is 3. The van der Waals surface area contributed by atoms with Crippen molar-refractivity contribution < 1.29 is 0 Å². The SMILES string of the molecule is c1ccc(Nc2ncc(-c3ccccc3)n2-c2ccccc2)cc1. The van der Waals surface area contributed by atoms with Gasteiger partial charge in [-0.3, -0.25) is 4.57 Å². The molecule has 0 amide bonds. The molecule has 4 aromatic rings. The first-order chi connectivity index (χ1) is 11.9. The van der Waals surface area contributed by atoms with E-state index in [4.69, 9.17) is 0 Å². The summed E-state index contributed by atoms with van der Waals surface area (Å²) >= 11 is 0. The van der Waals surface area contributed by atoms with Crippen LogP contribution in [0.4, 0.5) is 11.6 Å². The van der Waals surface area contributed by atoms with Crippen LogP contribution < -0.4 is 5.32 Å². The van der Waals surface area contributed by atoms with Crippen LogP contribution in [-0.2, 0) is 0 Å². The van der Waals surface area contributed by atoms with Crippen molar-refractivity contribution in [1.29, 1.82) is 0 Å². The Balaban J connectivity index is 1.84. The zero-order valence-electron chi connectivity index (χ0n) is 13.1. The lowest BCUT2D eigenvalue weighted by atomic mass is 10.1. The third kappa shape index (κ3) is 2.79. The van der Waals surface area contributed by atoms with Gasteiger partial charge < -0.3 is 5.32 Å². The summed E-state index contributed by atoms with van der Waals surface area (Å²) in [6, 6.07) is 30.7.